The molecule has 2 N–H and O–H groups in total. The average Bonchev–Trinajstić information content (AvgIpc) is 2.89. The Labute approximate surface area is 195 Å². The maximum atomic E-state index is 5.57. The van der Waals surface area contributed by atoms with E-state index in [0.29, 0.717) is 0 Å². The van der Waals surface area contributed by atoms with Crippen molar-refractivity contribution in [1.82, 2.24) is 20.5 Å². The van der Waals surface area contributed by atoms with Crippen molar-refractivity contribution in [3.63, 3.8) is 0 Å². The highest BCUT2D eigenvalue weighted by atomic mass is 16.5. The molecule has 0 aliphatic carbocycles. The van der Waals surface area contributed by atoms with Crippen LogP contribution in [-0.4, -0.2) is 69.4 Å². The molecule has 0 bridgehead atoms. The van der Waals surface area contributed by atoms with Gasteiger partial charge in [-0.1, -0.05) is 36.4 Å². The van der Waals surface area contributed by atoms with E-state index in [-0.39, 0.29) is 6.04 Å². The van der Waals surface area contributed by atoms with Crippen molar-refractivity contribution in [2.75, 3.05) is 53.6 Å². The molecule has 0 radical (unpaired) electrons. The Morgan fingerprint density at radius 1 is 1.09 bits per heavy atom. The Morgan fingerprint density at radius 2 is 1.88 bits per heavy atom. The molecule has 4 rings (SSSR count). The largest absolute Gasteiger partial charge is 0.497 e. The van der Waals surface area contributed by atoms with E-state index in [0.717, 1.165) is 63.0 Å². The Bertz CT molecular complexity index is 1040. The number of rotatable bonds is 8. The van der Waals surface area contributed by atoms with E-state index >= 15 is 0 Å². The quantitative estimate of drug-likeness (QED) is 0.409. The molecule has 1 atom stereocenters. The number of pyridine rings is 1. The Hall–Kier alpha value is -3.16. The lowest BCUT2D eigenvalue weighted by Gasteiger charge is -2.35. The lowest BCUT2D eigenvalue weighted by molar-refractivity contribution is 0.0170. The lowest BCUT2D eigenvalue weighted by atomic mass is 10.0. The summed E-state index contributed by atoms with van der Waals surface area (Å²) in [6.45, 7) is 4.89. The number of benzene rings is 2. The number of aromatic nitrogens is 1. The van der Waals surface area contributed by atoms with Crippen LogP contribution in [-0.2, 0) is 11.2 Å². The predicted octanol–water partition coefficient (Wildman–Crippen LogP) is 3.02. The van der Waals surface area contributed by atoms with E-state index in [1.807, 2.05) is 31.4 Å². The zero-order valence-corrected chi connectivity index (χ0v) is 19.5. The minimum absolute atomic E-state index is 0.223. The third kappa shape index (κ3) is 6.00. The second-order valence-corrected chi connectivity index (χ2v) is 8.06. The van der Waals surface area contributed by atoms with Gasteiger partial charge in [-0.2, -0.15) is 0 Å². The molecule has 7 nitrogen and oxygen atoms in total. The number of hydrogen-bond acceptors (Lipinski definition) is 5. The summed E-state index contributed by atoms with van der Waals surface area (Å²) in [7, 11) is 3.51. The van der Waals surface area contributed by atoms with Gasteiger partial charge in [-0.3, -0.25) is 14.9 Å². The van der Waals surface area contributed by atoms with Crippen LogP contribution in [0.15, 0.2) is 65.8 Å². The lowest BCUT2D eigenvalue weighted by Crippen LogP contribution is -2.46. The van der Waals surface area contributed by atoms with E-state index in [1.165, 1.54) is 16.5 Å². The van der Waals surface area contributed by atoms with Gasteiger partial charge in [0.25, 0.3) is 0 Å². The van der Waals surface area contributed by atoms with Crippen LogP contribution in [0, 0.1) is 0 Å². The van der Waals surface area contributed by atoms with E-state index < -0.39 is 0 Å². The standard InChI is InChI=1S/C26H33N5O2/c1-27-26(29-14-12-22-6-3-5-21-7-4-13-28-25(21)22)30-19-24(31-15-17-33-18-16-31)20-8-10-23(32-2)11-9-20/h3-11,13,24H,12,14-19H2,1-2H3,(H2,27,29,30). The number of morpholine rings is 1. The highest BCUT2D eigenvalue weighted by Crippen LogP contribution is 2.23. The number of ether oxygens (including phenoxy) is 2. The second kappa shape index (κ2) is 11.6. The van der Waals surface area contributed by atoms with Gasteiger partial charge in [0.05, 0.1) is 31.9 Å². The monoisotopic (exact) mass is 447 g/mol. The molecule has 0 amide bonds. The summed E-state index contributed by atoms with van der Waals surface area (Å²) in [5, 5.41) is 8.16. The molecule has 1 aliphatic rings. The number of nitrogens with zero attached hydrogens (tertiary/aromatic N) is 3. The summed E-state index contributed by atoms with van der Waals surface area (Å²) >= 11 is 0. The molecule has 7 heteroatoms. The zero-order chi connectivity index (χ0) is 22.9. The van der Waals surface area contributed by atoms with Gasteiger partial charge in [-0.05, 0) is 35.7 Å². The van der Waals surface area contributed by atoms with Crippen LogP contribution < -0.4 is 15.4 Å². The van der Waals surface area contributed by atoms with Gasteiger partial charge >= 0.3 is 0 Å². The number of aliphatic imine (C=N–C) groups is 1. The van der Waals surface area contributed by atoms with Crippen LogP contribution in [0.1, 0.15) is 17.2 Å². The van der Waals surface area contributed by atoms with Crippen molar-refractivity contribution in [3.05, 3.63) is 71.9 Å². The summed E-state index contributed by atoms with van der Waals surface area (Å²) in [6.07, 6.45) is 2.73. The third-order valence-electron chi connectivity index (χ3n) is 6.08. The van der Waals surface area contributed by atoms with Gasteiger partial charge in [-0.15, -0.1) is 0 Å². The normalized spacial score (nSPS) is 15.9. The number of guanidine groups is 1. The Morgan fingerprint density at radius 3 is 2.64 bits per heavy atom. The highest BCUT2D eigenvalue weighted by molar-refractivity contribution is 5.82. The first-order valence-electron chi connectivity index (χ1n) is 11.5. The van der Waals surface area contributed by atoms with Gasteiger partial charge in [0.2, 0.25) is 0 Å². The summed E-state index contributed by atoms with van der Waals surface area (Å²) in [5.41, 5.74) is 3.56. The van der Waals surface area contributed by atoms with Gasteiger partial charge < -0.3 is 20.1 Å². The molecule has 2 heterocycles. The molecule has 1 unspecified atom stereocenters. The summed E-state index contributed by atoms with van der Waals surface area (Å²) in [5.74, 6) is 1.67. The molecule has 33 heavy (non-hydrogen) atoms. The molecule has 1 saturated heterocycles. The van der Waals surface area contributed by atoms with Crippen LogP contribution >= 0.6 is 0 Å². The molecule has 174 valence electrons. The molecular formula is C26H33N5O2. The average molecular weight is 448 g/mol. The molecule has 2 aromatic carbocycles. The summed E-state index contributed by atoms with van der Waals surface area (Å²) in [4.78, 5) is 11.5. The van der Waals surface area contributed by atoms with Crippen molar-refractivity contribution >= 4 is 16.9 Å². The first kappa shape index (κ1) is 23.0. The van der Waals surface area contributed by atoms with E-state index in [1.54, 1.807) is 7.11 Å². The maximum Gasteiger partial charge on any atom is 0.191 e. The topological polar surface area (TPSA) is 71.0 Å². The van der Waals surface area contributed by atoms with Crippen molar-refractivity contribution in [2.45, 2.75) is 12.5 Å². The van der Waals surface area contributed by atoms with Crippen LogP contribution in [0.2, 0.25) is 0 Å². The Kier molecular flexibility index (Phi) is 8.11. The minimum atomic E-state index is 0.223. The third-order valence-corrected chi connectivity index (χ3v) is 6.08. The van der Waals surface area contributed by atoms with E-state index in [4.69, 9.17) is 9.47 Å². The van der Waals surface area contributed by atoms with Gasteiger partial charge in [0.15, 0.2) is 5.96 Å². The molecule has 1 aliphatic heterocycles. The smallest absolute Gasteiger partial charge is 0.191 e. The maximum absolute atomic E-state index is 5.57. The fraction of sp³-hybridized carbons (Fsp3) is 0.385. The van der Waals surface area contributed by atoms with Crippen LogP contribution in [0.4, 0.5) is 0 Å². The zero-order valence-electron chi connectivity index (χ0n) is 19.5. The number of methoxy groups -OCH3 is 1. The van der Waals surface area contributed by atoms with Gasteiger partial charge in [-0.25, -0.2) is 0 Å². The summed E-state index contributed by atoms with van der Waals surface area (Å²) < 4.78 is 10.9. The summed E-state index contributed by atoms with van der Waals surface area (Å²) in [6, 6.07) is 19.0. The predicted molar refractivity (Wildman–Crippen MR) is 133 cm³/mol. The number of fused-ring (bicyclic) bond motifs is 1. The van der Waals surface area contributed by atoms with E-state index in [2.05, 4.69) is 61.9 Å². The molecular weight excluding hydrogens is 414 g/mol. The van der Waals surface area contributed by atoms with Crippen LogP contribution in [0.3, 0.4) is 0 Å². The molecule has 1 fully saturated rings. The molecule has 0 saturated carbocycles. The fourth-order valence-electron chi connectivity index (χ4n) is 4.27. The van der Waals surface area contributed by atoms with Crippen LogP contribution in [0.25, 0.3) is 10.9 Å². The van der Waals surface area contributed by atoms with Crippen molar-refractivity contribution in [3.8, 4) is 5.75 Å². The van der Waals surface area contributed by atoms with Crippen LogP contribution in [0.5, 0.6) is 5.75 Å². The van der Waals surface area contributed by atoms with E-state index in [9.17, 15) is 0 Å². The first-order valence-corrected chi connectivity index (χ1v) is 11.5. The SMILES string of the molecule is CN=C(NCCc1cccc2cccnc12)NCC(c1ccc(OC)cc1)N1CCOCC1. The number of hydrogen-bond donors (Lipinski definition) is 2. The van der Waals surface area contributed by atoms with Crippen molar-refractivity contribution < 1.29 is 9.47 Å². The minimum Gasteiger partial charge on any atom is -0.497 e. The number of para-hydroxylation sites is 1. The molecule has 0 spiro atoms. The van der Waals surface area contributed by atoms with Gasteiger partial charge in [0, 0.05) is 44.8 Å². The molecule has 1 aromatic heterocycles. The van der Waals surface area contributed by atoms with Crippen molar-refractivity contribution in [1.29, 1.82) is 0 Å². The van der Waals surface area contributed by atoms with Crippen molar-refractivity contribution in [2.24, 2.45) is 4.99 Å². The molecule has 3 aromatic rings. The fourth-order valence-corrected chi connectivity index (χ4v) is 4.27. The first-order chi connectivity index (χ1) is 16.3. The highest BCUT2D eigenvalue weighted by Gasteiger charge is 2.23. The Balaban J connectivity index is 1.37. The van der Waals surface area contributed by atoms with Gasteiger partial charge in [0.1, 0.15) is 5.75 Å². The number of nitrogens with one attached hydrogen (secondary N) is 2. The second-order valence-electron chi connectivity index (χ2n) is 8.06.